The van der Waals surface area contributed by atoms with Crippen LogP contribution in [0.5, 0.6) is 5.75 Å². The highest BCUT2D eigenvalue weighted by Crippen LogP contribution is 2.23. The van der Waals surface area contributed by atoms with Crippen molar-refractivity contribution in [3.63, 3.8) is 0 Å². The Bertz CT molecular complexity index is 1240. The first-order valence-electron chi connectivity index (χ1n) is 13.0. The molecule has 2 aromatic carbocycles. The largest absolute Gasteiger partial charge is 0.497 e. The number of nitrogens with zero attached hydrogens (tertiary/aromatic N) is 5. The summed E-state index contributed by atoms with van der Waals surface area (Å²) in [5, 5.41) is 9.27. The highest BCUT2D eigenvalue weighted by molar-refractivity contribution is 6.33. The Morgan fingerprint density at radius 3 is 2.42 bits per heavy atom. The van der Waals surface area contributed by atoms with Gasteiger partial charge in [-0.15, -0.1) is 10.2 Å². The molecule has 3 aromatic rings. The van der Waals surface area contributed by atoms with E-state index in [1.807, 2.05) is 55.1 Å². The summed E-state index contributed by atoms with van der Waals surface area (Å²) in [6, 6.07) is 18.5. The van der Waals surface area contributed by atoms with Gasteiger partial charge in [0.25, 0.3) is 5.91 Å². The molecule has 2 heterocycles. The van der Waals surface area contributed by atoms with Crippen molar-refractivity contribution in [3.8, 4) is 17.0 Å². The number of aromatic nitrogens is 2. The first-order chi connectivity index (χ1) is 18.4. The maximum atomic E-state index is 13.3. The lowest BCUT2D eigenvalue weighted by molar-refractivity contribution is -0.132. The Labute approximate surface area is 229 Å². The van der Waals surface area contributed by atoms with Crippen LogP contribution in [0.15, 0.2) is 60.7 Å². The quantitative estimate of drug-likeness (QED) is 0.413. The van der Waals surface area contributed by atoms with Crippen LogP contribution in [0.25, 0.3) is 11.3 Å². The van der Waals surface area contributed by atoms with E-state index >= 15 is 0 Å². The van der Waals surface area contributed by atoms with Crippen molar-refractivity contribution in [1.29, 1.82) is 0 Å². The van der Waals surface area contributed by atoms with Gasteiger partial charge in [0.2, 0.25) is 5.91 Å². The van der Waals surface area contributed by atoms with Crippen molar-refractivity contribution >= 4 is 29.2 Å². The average molecular weight is 536 g/mol. The zero-order valence-electron chi connectivity index (χ0n) is 22.1. The zero-order valence-corrected chi connectivity index (χ0v) is 22.9. The van der Waals surface area contributed by atoms with E-state index in [-0.39, 0.29) is 24.4 Å². The molecule has 2 amide bonds. The van der Waals surface area contributed by atoms with Crippen LogP contribution in [0.2, 0.25) is 5.02 Å². The number of amides is 2. The molecule has 0 saturated carbocycles. The summed E-state index contributed by atoms with van der Waals surface area (Å²) in [7, 11) is 1.64. The second kappa shape index (κ2) is 12.7. The normalized spacial score (nSPS) is 14.5. The average Bonchev–Trinajstić information content (AvgIpc) is 3.22. The number of rotatable bonds is 8. The molecule has 1 atom stereocenters. The lowest BCUT2D eigenvalue weighted by atomic mass is 10.1. The van der Waals surface area contributed by atoms with Gasteiger partial charge < -0.3 is 19.4 Å². The predicted molar refractivity (Wildman–Crippen MR) is 150 cm³/mol. The van der Waals surface area contributed by atoms with Gasteiger partial charge in [0, 0.05) is 37.8 Å². The van der Waals surface area contributed by atoms with Crippen LogP contribution in [0.3, 0.4) is 0 Å². The van der Waals surface area contributed by atoms with E-state index in [0.717, 1.165) is 42.2 Å². The molecule has 0 radical (unpaired) electrons. The van der Waals surface area contributed by atoms with E-state index in [2.05, 4.69) is 15.1 Å². The van der Waals surface area contributed by atoms with Gasteiger partial charge in [0.1, 0.15) is 12.3 Å². The smallest absolute Gasteiger partial charge is 0.256 e. The Kier molecular flexibility index (Phi) is 9.18. The van der Waals surface area contributed by atoms with Gasteiger partial charge in [0.15, 0.2) is 5.82 Å². The van der Waals surface area contributed by atoms with Crippen LogP contribution < -0.4 is 9.64 Å². The van der Waals surface area contributed by atoms with Crippen LogP contribution in [-0.2, 0) is 4.79 Å². The summed E-state index contributed by atoms with van der Waals surface area (Å²) in [6.07, 6.45) is 1.54. The number of carbonyl (C=O) groups excluding carboxylic acids is 2. The number of halogens is 1. The molecule has 0 spiro atoms. The number of carbonyl (C=O) groups is 2. The summed E-state index contributed by atoms with van der Waals surface area (Å²) in [4.78, 5) is 32.3. The number of ether oxygens (including phenoxy) is 1. The van der Waals surface area contributed by atoms with E-state index in [4.69, 9.17) is 16.3 Å². The molecule has 1 aromatic heterocycles. The minimum absolute atomic E-state index is 0.0232. The summed E-state index contributed by atoms with van der Waals surface area (Å²) >= 11 is 6.28. The van der Waals surface area contributed by atoms with E-state index in [1.54, 1.807) is 36.3 Å². The van der Waals surface area contributed by atoms with Gasteiger partial charge >= 0.3 is 0 Å². The zero-order chi connectivity index (χ0) is 27.1. The molecule has 9 heteroatoms. The van der Waals surface area contributed by atoms with Gasteiger partial charge in [0.05, 0.1) is 23.4 Å². The fourth-order valence-electron chi connectivity index (χ4n) is 4.49. The molecule has 4 rings (SSSR count). The molecule has 200 valence electrons. The Balaban J connectivity index is 1.39. The number of hydrogen-bond donors (Lipinski definition) is 0. The predicted octanol–water partition coefficient (Wildman–Crippen LogP) is 4.79. The molecule has 1 aliphatic heterocycles. The number of methoxy groups -OCH3 is 1. The lowest BCUT2D eigenvalue weighted by Crippen LogP contribution is -2.47. The fraction of sp³-hybridized carbons (Fsp3) is 0.379. The number of anilines is 1. The molecule has 8 nitrogen and oxygen atoms in total. The molecule has 1 fully saturated rings. The van der Waals surface area contributed by atoms with Crippen LogP contribution in [-0.4, -0.2) is 77.7 Å². The summed E-state index contributed by atoms with van der Waals surface area (Å²) in [5.41, 5.74) is 2.17. The second-order valence-corrected chi connectivity index (χ2v) is 9.80. The third-order valence-electron chi connectivity index (χ3n) is 7.00. The standard InChI is InChI=1S/C29H34ClN5O3/c1-4-21(2)35(29(37)24-8-5-6-9-25(24)30)20-28(36)34-17-7-16-33(18-19-34)27-15-14-26(31-32-27)22-10-12-23(38-3)13-11-22/h5-6,8-15,21H,4,7,16-20H2,1-3H3. The second-order valence-electron chi connectivity index (χ2n) is 9.40. The molecular formula is C29H34ClN5O3. The Morgan fingerprint density at radius 1 is 1.00 bits per heavy atom. The van der Waals surface area contributed by atoms with E-state index in [1.165, 1.54) is 0 Å². The minimum Gasteiger partial charge on any atom is -0.497 e. The SMILES string of the molecule is CCC(C)N(CC(=O)N1CCCN(c2ccc(-c3ccc(OC)cc3)nn2)CC1)C(=O)c1ccccc1Cl. The number of benzene rings is 2. The third kappa shape index (κ3) is 6.42. The lowest BCUT2D eigenvalue weighted by Gasteiger charge is -2.31. The minimum atomic E-state index is -0.220. The molecule has 38 heavy (non-hydrogen) atoms. The van der Waals surface area contributed by atoms with Gasteiger partial charge in [-0.25, -0.2) is 0 Å². The molecule has 0 bridgehead atoms. The van der Waals surface area contributed by atoms with Crippen molar-refractivity contribution in [3.05, 3.63) is 71.2 Å². The fourth-order valence-corrected chi connectivity index (χ4v) is 4.71. The maximum absolute atomic E-state index is 13.3. The highest BCUT2D eigenvalue weighted by Gasteiger charge is 2.28. The van der Waals surface area contributed by atoms with Crippen molar-refractivity contribution in [2.75, 3.05) is 44.7 Å². The molecule has 1 unspecified atom stereocenters. The van der Waals surface area contributed by atoms with Gasteiger partial charge in [-0.05, 0) is 68.3 Å². The van der Waals surface area contributed by atoms with Crippen molar-refractivity contribution < 1.29 is 14.3 Å². The van der Waals surface area contributed by atoms with Crippen LogP contribution in [0.1, 0.15) is 37.0 Å². The monoisotopic (exact) mass is 535 g/mol. The topological polar surface area (TPSA) is 78.9 Å². The Hall–Kier alpha value is -3.65. The highest BCUT2D eigenvalue weighted by atomic mass is 35.5. The summed E-state index contributed by atoms with van der Waals surface area (Å²) in [6.45, 7) is 6.58. The van der Waals surface area contributed by atoms with Crippen LogP contribution >= 0.6 is 11.6 Å². The molecule has 0 aliphatic carbocycles. The van der Waals surface area contributed by atoms with Crippen LogP contribution in [0.4, 0.5) is 5.82 Å². The van der Waals surface area contributed by atoms with Crippen molar-refractivity contribution in [2.24, 2.45) is 0 Å². The molecule has 0 N–H and O–H groups in total. The van der Waals surface area contributed by atoms with Gasteiger partial charge in [-0.3, -0.25) is 9.59 Å². The first-order valence-corrected chi connectivity index (χ1v) is 13.4. The van der Waals surface area contributed by atoms with E-state index in [0.29, 0.717) is 30.2 Å². The summed E-state index contributed by atoms with van der Waals surface area (Å²) < 4.78 is 5.22. The van der Waals surface area contributed by atoms with Gasteiger partial charge in [-0.1, -0.05) is 30.7 Å². The number of hydrogen-bond acceptors (Lipinski definition) is 6. The van der Waals surface area contributed by atoms with E-state index < -0.39 is 0 Å². The summed E-state index contributed by atoms with van der Waals surface area (Å²) in [5.74, 6) is 1.30. The van der Waals surface area contributed by atoms with Crippen LogP contribution in [0, 0.1) is 0 Å². The third-order valence-corrected chi connectivity index (χ3v) is 7.33. The maximum Gasteiger partial charge on any atom is 0.256 e. The molecule has 1 saturated heterocycles. The Morgan fingerprint density at radius 2 is 1.76 bits per heavy atom. The van der Waals surface area contributed by atoms with Crippen molar-refractivity contribution in [2.45, 2.75) is 32.7 Å². The molecular weight excluding hydrogens is 502 g/mol. The molecule has 1 aliphatic rings. The first kappa shape index (κ1) is 27.4. The van der Waals surface area contributed by atoms with E-state index in [9.17, 15) is 9.59 Å². The van der Waals surface area contributed by atoms with Gasteiger partial charge in [-0.2, -0.15) is 0 Å². The van der Waals surface area contributed by atoms with Crippen molar-refractivity contribution in [1.82, 2.24) is 20.0 Å².